The van der Waals surface area contributed by atoms with Gasteiger partial charge in [0.1, 0.15) is 4.75 Å². The molecule has 1 atom stereocenters. The Morgan fingerprint density at radius 1 is 1.58 bits per heavy atom. The van der Waals surface area contributed by atoms with Crippen molar-refractivity contribution < 1.29 is 22.9 Å². The number of carbonyl (C=O) groups is 1. The van der Waals surface area contributed by atoms with E-state index < -0.39 is 33.8 Å². The second-order valence-electron chi connectivity index (χ2n) is 2.70. The fraction of sp³-hybridized carbons (Fsp3) is 0.800. The Kier molecular flexibility index (Phi) is 3.19. The second-order valence-corrected chi connectivity index (χ2v) is 4.64. The van der Waals surface area contributed by atoms with Crippen molar-refractivity contribution in [3.63, 3.8) is 0 Å². The summed E-state index contributed by atoms with van der Waals surface area (Å²) >= 11 is 0. The van der Waals surface area contributed by atoms with Crippen LogP contribution in [0.3, 0.4) is 0 Å². The first-order valence-corrected chi connectivity index (χ1v) is 4.56. The molecule has 0 saturated heterocycles. The highest BCUT2D eigenvalue weighted by Crippen LogP contribution is 2.18. The third-order valence-corrected chi connectivity index (χ3v) is 3.14. The number of carboxylic acid groups (broad SMARTS) is 1. The van der Waals surface area contributed by atoms with Crippen LogP contribution in [0.2, 0.25) is 0 Å². The fourth-order valence-corrected chi connectivity index (χ4v) is 1.11. The molecular formula is C5H11NO5S. The summed E-state index contributed by atoms with van der Waals surface area (Å²) in [5.41, 5.74) is 5.04. The van der Waals surface area contributed by atoms with Crippen LogP contribution in [0.5, 0.6) is 0 Å². The largest absolute Gasteiger partial charge is 0.481 e. The van der Waals surface area contributed by atoms with Crippen LogP contribution in [-0.4, -0.2) is 35.3 Å². The van der Waals surface area contributed by atoms with Gasteiger partial charge in [0.15, 0.2) is 0 Å². The molecule has 0 aliphatic heterocycles. The van der Waals surface area contributed by atoms with Gasteiger partial charge in [-0.25, -0.2) is 0 Å². The zero-order valence-electron chi connectivity index (χ0n) is 6.52. The Hall–Kier alpha value is -0.660. The number of hydrogen-bond donors (Lipinski definition) is 3. The Morgan fingerprint density at radius 2 is 2.00 bits per heavy atom. The Morgan fingerprint density at radius 3 is 2.08 bits per heavy atom. The molecule has 0 aliphatic carbocycles. The molecule has 0 rings (SSSR count). The number of carboxylic acids is 1. The summed E-state index contributed by atoms with van der Waals surface area (Å²) in [7, 11) is -4.42. The lowest BCUT2D eigenvalue weighted by Gasteiger charge is -2.21. The molecule has 72 valence electrons. The topological polar surface area (TPSA) is 118 Å². The Bertz CT molecular complexity index is 272. The van der Waals surface area contributed by atoms with Gasteiger partial charge >= 0.3 is 5.97 Å². The van der Waals surface area contributed by atoms with Crippen LogP contribution < -0.4 is 5.73 Å². The predicted octanol–water partition coefficient (Wildman–Crippen LogP) is -0.934. The molecule has 0 aromatic carbocycles. The fourth-order valence-electron chi connectivity index (χ4n) is 0.589. The second kappa shape index (κ2) is 3.38. The van der Waals surface area contributed by atoms with Crippen molar-refractivity contribution >= 4 is 16.1 Å². The molecule has 0 aliphatic rings. The van der Waals surface area contributed by atoms with Crippen molar-refractivity contribution in [3.05, 3.63) is 0 Å². The van der Waals surface area contributed by atoms with Crippen molar-refractivity contribution in [3.8, 4) is 0 Å². The van der Waals surface area contributed by atoms with Crippen molar-refractivity contribution in [2.24, 2.45) is 5.73 Å². The molecule has 0 spiro atoms. The van der Waals surface area contributed by atoms with E-state index in [4.69, 9.17) is 15.4 Å². The Balaban J connectivity index is 4.82. The van der Waals surface area contributed by atoms with Gasteiger partial charge in [-0.1, -0.05) is 0 Å². The molecular weight excluding hydrogens is 186 g/mol. The van der Waals surface area contributed by atoms with Crippen LogP contribution >= 0.6 is 0 Å². The van der Waals surface area contributed by atoms with Crippen LogP contribution in [0.15, 0.2) is 0 Å². The lowest BCUT2D eigenvalue weighted by Crippen LogP contribution is -2.44. The molecule has 12 heavy (non-hydrogen) atoms. The number of hydrogen-bond acceptors (Lipinski definition) is 4. The summed E-state index contributed by atoms with van der Waals surface area (Å²) in [5.74, 6) is -1.32. The van der Waals surface area contributed by atoms with E-state index in [1.165, 1.54) is 0 Å². The third-order valence-electron chi connectivity index (χ3n) is 1.58. The standard InChI is InChI=1S/C5H11NO5S/c1-5(3-6,2-4(7)8)12(9,10)11/h2-3,6H2,1H3,(H,7,8)(H,9,10,11). The summed E-state index contributed by atoms with van der Waals surface area (Å²) in [6.07, 6.45) is -0.706. The van der Waals surface area contributed by atoms with E-state index in [0.29, 0.717) is 0 Å². The van der Waals surface area contributed by atoms with E-state index in [1.54, 1.807) is 0 Å². The smallest absolute Gasteiger partial charge is 0.305 e. The Labute approximate surface area is 70.1 Å². The maximum Gasteiger partial charge on any atom is 0.305 e. The lowest BCUT2D eigenvalue weighted by atomic mass is 10.1. The minimum atomic E-state index is -4.42. The van der Waals surface area contributed by atoms with E-state index >= 15 is 0 Å². The minimum Gasteiger partial charge on any atom is -0.481 e. The molecule has 0 aromatic rings. The van der Waals surface area contributed by atoms with Crippen LogP contribution in [0.25, 0.3) is 0 Å². The van der Waals surface area contributed by atoms with Gasteiger partial charge in [-0.15, -0.1) is 0 Å². The highest BCUT2D eigenvalue weighted by atomic mass is 32.2. The molecule has 0 radical (unpaired) electrons. The monoisotopic (exact) mass is 197 g/mol. The number of aliphatic carboxylic acids is 1. The van der Waals surface area contributed by atoms with Crippen molar-refractivity contribution in [1.82, 2.24) is 0 Å². The van der Waals surface area contributed by atoms with Crippen LogP contribution in [0, 0.1) is 0 Å². The number of rotatable bonds is 4. The van der Waals surface area contributed by atoms with Gasteiger partial charge in [-0.05, 0) is 6.92 Å². The van der Waals surface area contributed by atoms with Gasteiger partial charge in [0.05, 0.1) is 6.42 Å². The maximum atomic E-state index is 10.6. The third kappa shape index (κ3) is 2.43. The van der Waals surface area contributed by atoms with E-state index in [0.717, 1.165) is 6.92 Å². The summed E-state index contributed by atoms with van der Waals surface area (Å²) < 4.78 is 28.1. The summed E-state index contributed by atoms with van der Waals surface area (Å²) in [4.78, 5) is 10.2. The summed E-state index contributed by atoms with van der Waals surface area (Å²) in [6.45, 7) is 0.647. The van der Waals surface area contributed by atoms with Crippen molar-refractivity contribution in [1.29, 1.82) is 0 Å². The molecule has 0 saturated carbocycles. The van der Waals surface area contributed by atoms with E-state index in [-0.39, 0.29) is 0 Å². The van der Waals surface area contributed by atoms with Crippen LogP contribution in [0.1, 0.15) is 13.3 Å². The first-order chi connectivity index (χ1) is 5.23. The predicted molar refractivity (Wildman–Crippen MR) is 41.3 cm³/mol. The number of nitrogens with two attached hydrogens (primary N) is 1. The molecule has 1 unspecified atom stereocenters. The van der Waals surface area contributed by atoms with Crippen molar-refractivity contribution in [2.45, 2.75) is 18.1 Å². The van der Waals surface area contributed by atoms with Gasteiger partial charge in [-0.2, -0.15) is 8.42 Å². The molecule has 0 fully saturated rings. The zero-order valence-corrected chi connectivity index (χ0v) is 7.34. The normalized spacial score (nSPS) is 16.9. The minimum absolute atomic E-state index is 0.432. The van der Waals surface area contributed by atoms with Gasteiger partial charge in [0.25, 0.3) is 10.1 Å². The van der Waals surface area contributed by atoms with Gasteiger partial charge in [-0.3, -0.25) is 9.35 Å². The van der Waals surface area contributed by atoms with Crippen molar-refractivity contribution in [2.75, 3.05) is 6.54 Å². The maximum absolute atomic E-state index is 10.6. The first kappa shape index (κ1) is 11.3. The van der Waals surface area contributed by atoms with Gasteiger partial charge in [0, 0.05) is 6.54 Å². The quantitative estimate of drug-likeness (QED) is 0.501. The van der Waals surface area contributed by atoms with E-state index in [1.807, 2.05) is 0 Å². The highest BCUT2D eigenvalue weighted by Gasteiger charge is 2.38. The molecule has 0 amide bonds. The van der Waals surface area contributed by atoms with Gasteiger partial charge < -0.3 is 10.8 Å². The molecule has 7 heteroatoms. The van der Waals surface area contributed by atoms with Crippen LogP contribution in [0.4, 0.5) is 0 Å². The molecule has 0 aromatic heterocycles. The average Bonchev–Trinajstić information content (AvgIpc) is 1.83. The van der Waals surface area contributed by atoms with Crippen LogP contribution in [-0.2, 0) is 14.9 Å². The first-order valence-electron chi connectivity index (χ1n) is 3.12. The zero-order chi connectivity index (χ0) is 9.99. The summed E-state index contributed by atoms with van der Waals surface area (Å²) in [5, 5.41) is 8.31. The molecule has 4 N–H and O–H groups in total. The van der Waals surface area contributed by atoms with E-state index in [9.17, 15) is 13.2 Å². The average molecular weight is 197 g/mol. The lowest BCUT2D eigenvalue weighted by molar-refractivity contribution is -0.137. The molecule has 0 bridgehead atoms. The SMILES string of the molecule is CC(CN)(CC(=O)O)S(=O)(=O)O. The van der Waals surface area contributed by atoms with Gasteiger partial charge in [0.2, 0.25) is 0 Å². The molecule has 0 heterocycles. The molecule has 6 nitrogen and oxygen atoms in total. The van der Waals surface area contributed by atoms with E-state index in [2.05, 4.69) is 0 Å². The summed E-state index contributed by atoms with van der Waals surface area (Å²) in [6, 6.07) is 0. The highest BCUT2D eigenvalue weighted by molar-refractivity contribution is 7.87.